The van der Waals surface area contributed by atoms with Gasteiger partial charge in [-0.15, -0.1) is 0 Å². The Labute approximate surface area is 61.3 Å². The lowest BCUT2D eigenvalue weighted by Crippen LogP contribution is -2.19. The molecule has 0 aromatic carbocycles. The third-order valence-electron chi connectivity index (χ3n) is 0.772. The van der Waals surface area contributed by atoms with E-state index < -0.39 is 17.1 Å². The van der Waals surface area contributed by atoms with Gasteiger partial charge in [-0.2, -0.15) is 0 Å². The predicted molar refractivity (Wildman–Crippen MR) is 41.6 cm³/mol. The Morgan fingerprint density at radius 2 is 1.30 bits per heavy atom. The van der Waals surface area contributed by atoms with E-state index in [4.69, 9.17) is 0 Å². The van der Waals surface area contributed by atoms with Gasteiger partial charge in [0.15, 0.2) is 0 Å². The van der Waals surface area contributed by atoms with Crippen molar-refractivity contribution in [1.29, 1.82) is 0 Å². The smallest absolute Gasteiger partial charge is 0.234 e. The third-order valence-corrected chi connectivity index (χ3v) is 2.82. The quantitative estimate of drug-likeness (QED) is 0.457. The highest BCUT2D eigenvalue weighted by Crippen LogP contribution is 2.12. The zero-order valence-corrected chi connectivity index (χ0v) is 8.29. The van der Waals surface area contributed by atoms with E-state index in [1.807, 2.05) is 19.6 Å². The molecule has 0 atom stereocenters. The lowest BCUT2D eigenvalue weighted by molar-refractivity contribution is 0.498. The third kappa shape index (κ3) is 7.96. The van der Waals surface area contributed by atoms with Crippen molar-refractivity contribution < 1.29 is 12.3 Å². The normalized spacial score (nSPS) is 14.6. The van der Waals surface area contributed by atoms with E-state index in [0.717, 1.165) is 0 Å². The fraction of sp³-hybridized carbons (Fsp3) is 0.600. The highest BCUT2D eigenvalue weighted by Gasteiger charge is 2.33. The average molecular weight is 184 g/mol. The van der Waals surface area contributed by atoms with Gasteiger partial charge < -0.3 is 0 Å². The first kappa shape index (κ1) is 9.96. The molecule has 0 N–H and O–H groups in total. The summed E-state index contributed by atoms with van der Waals surface area (Å²) in [5.41, 5.74) is 1.82. The molecule has 5 heteroatoms. The first-order valence-corrected chi connectivity index (χ1v) is 8.27. The molecule has 0 bridgehead atoms. The van der Waals surface area contributed by atoms with Crippen LogP contribution in [0.5, 0.6) is 0 Å². The maximum Gasteiger partial charge on any atom is 0.644 e. The maximum absolute atomic E-state index is 11.7. The summed E-state index contributed by atoms with van der Waals surface area (Å²) in [6.07, 6.45) is 0. The van der Waals surface area contributed by atoms with Crippen LogP contribution in [0.4, 0.5) is 12.3 Å². The highest BCUT2D eigenvalue weighted by atomic mass is 28.5. The summed E-state index contributed by atoms with van der Waals surface area (Å²) in [5.74, 6) is 0. The molecule has 0 unspecified atom stereocenters. The first-order valence-electron chi connectivity index (χ1n) is 2.98. The molecule has 0 heterocycles. The fourth-order valence-corrected chi connectivity index (χ4v) is 3.10. The molecule has 10 heavy (non-hydrogen) atoms. The fourth-order valence-electron chi connectivity index (χ4n) is 0.344. The van der Waals surface area contributed by atoms with Crippen LogP contribution in [0.1, 0.15) is 0 Å². The Kier molecular flexibility index (Phi) is 2.90. The Bertz CT molecular complexity index is 115. The van der Waals surface area contributed by atoms with E-state index >= 15 is 0 Å². The molecular formula is C5H11F3Si2. The largest absolute Gasteiger partial charge is 0.644 e. The van der Waals surface area contributed by atoms with E-state index in [0.29, 0.717) is 5.70 Å². The van der Waals surface area contributed by atoms with Crippen molar-refractivity contribution in [2.45, 2.75) is 19.6 Å². The van der Waals surface area contributed by atoms with Gasteiger partial charge in [0.1, 0.15) is 0 Å². The Morgan fingerprint density at radius 3 is 1.40 bits per heavy atom. The zero-order chi connectivity index (χ0) is 8.41. The predicted octanol–water partition coefficient (Wildman–Crippen LogP) is 2.81. The van der Waals surface area contributed by atoms with Crippen LogP contribution >= 0.6 is 0 Å². The van der Waals surface area contributed by atoms with Gasteiger partial charge in [-0.1, -0.05) is 25.3 Å². The highest BCUT2D eigenvalue weighted by molar-refractivity contribution is 6.82. The van der Waals surface area contributed by atoms with Crippen LogP contribution in [-0.2, 0) is 0 Å². The molecule has 60 valence electrons. The van der Waals surface area contributed by atoms with Gasteiger partial charge in [-0.25, -0.2) is 12.3 Å². The van der Waals surface area contributed by atoms with Crippen molar-refractivity contribution in [3.05, 3.63) is 11.4 Å². The van der Waals surface area contributed by atoms with Crippen LogP contribution in [0.25, 0.3) is 0 Å². The number of rotatable bonds is 2. The minimum Gasteiger partial charge on any atom is -0.234 e. The molecule has 0 aromatic heterocycles. The molecule has 0 aliphatic rings. The number of hydrogen-bond donors (Lipinski definition) is 0. The van der Waals surface area contributed by atoms with Crippen LogP contribution in [0, 0.1) is 0 Å². The summed E-state index contributed by atoms with van der Waals surface area (Å²) in [6, 6.07) is 0. The van der Waals surface area contributed by atoms with Crippen LogP contribution in [0.2, 0.25) is 19.6 Å². The molecule has 0 radical (unpaired) electrons. The molecule has 0 aromatic rings. The molecule has 0 spiro atoms. The summed E-state index contributed by atoms with van der Waals surface area (Å²) < 4.78 is 35.0. The van der Waals surface area contributed by atoms with Gasteiger partial charge in [0.05, 0.1) is 8.07 Å². The lowest BCUT2D eigenvalue weighted by atomic mass is 11.2. The molecule has 0 saturated carbocycles. The Hall–Kier alpha value is -0.0362. The molecular weight excluding hydrogens is 173 g/mol. The minimum atomic E-state index is -5.41. The van der Waals surface area contributed by atoms with Gasteiger partial charge in [-0.05, 0) is 5.70 Å². The minimum absolute atomic E-state index is 0.471. The molecule has 0 amide bonds. The van der Waals surface area contributed by atoms with Gasteiger partial charge in [-0.3, -0.25) is 0 Å². The van der Waals surface area contributed by atoms with E-state index in [1.54, 1.807) is 0 Å². The SMILES string of the molecule is C[Si](C)(C)/C=C/[Si](F)(F)F. The van der Waals surface area contributed by atoms with E-state index in [-0.39, 0.29) is 0 Å². The average Bonchev–Trinajstić information content (AvgIpc) is 1.57. The van der Waals surface area contributed by atoms with Crippen molar-refractivity contribution in [1.82, 2.24) is 0 Å². The summed E-state index contributed by atoms with van der Waals surface area (Å²) >= 11 is 0. The van der Waals surface area contributed by atoms with E-state index in [2.05, 4.69) is 0 Å². The van der Waals surface area contributed by atoms with E-state index in [1.165, 1.54) is 5.70 Å². The van der Waals surface area contributed by atoms with Crippen molar-refractivity contribution in [3.63, 3.8) is 0 Å². The van der Waals surface area contributed by atoms with Gasteiger partial charge in [0.2, 0.25) is 0 Å². The summed E-state index contributed by atoms with van der Waals surface area (Å²) in [7, 11) is -7.05. The number of hydrogen-bond acceptors (Lipinski definition) is 0. The summed E-state index contributed by atoms with van der Waals surface area (Å²) in [6.45, 7) is 5.64. The summed E-state index contributed by atoms with van der Waals surface area (Å²) in [4.78, 5) is 0. The monoisotopic (exact) mass is 184 g/mol. The Balaban J connectivity index is 4.01. The van der Waals surface area contributed by atoms with Gasteiger partial charge in [0, 0.05) is 0 Å². The zero-order valence-electron chi connectivity index (χ0n) is 6.29. The van der Waals surface area contributed by atoms with Gasteiger partial charge >= 0.3 is 9.08 Å². The lowest BCUT2D eigenvalue weighted by Gasteiger charge is -2.07. The number of halogens is 3. The molecule has 0 nitrogen and oxygen atoms in total. The van der Waals surface area contributed by atoms with Crippen molar-refractivity contribution in [3.8, 4) is 0 Å². The van der Waals surface area contributed by atoms with Crippen LogP contribution in [0.3, 0.4) is 0 Å². The van der Waals surface area contributed by atoms with E-state index in [9.17, 15) is 12.3 Å². The van der Waals surface area contributed by atoms with Crippen molar-refractivity contribution in [2.24, 2.45) is 0 Å². The summed E-state index contributed by atoms with van der Waals surface area (Å²) in [5, 5.41) is 0. The van der Waals surface area contributed by atoms with Crippen molar-refractivity contribution in [2.75, 3.05) is 0 Å². The first-order chi connectivity index (χ1) is 4.21. The maximum atomic E-state index is 11.7. The van der Waals surface area contributed by atoms with Crippen LogP contribution in [0.15, 0.2) is 11.4 Å². The second kappa shape index (κ2) is 2.92. The van der Waals surface area contributed by atoms with Gasteiger partial charge in [0.25, 0.3) is 0 Å². The molecule has 0 aliphatic carbocycles. The molecule has 0 aliphatic heterocycles. The topological polar surface area (TPSA) is 0 Å². The molecule has 0 fully saturated rings. The molecule has 0 rings (SSSR count). The van der Waals surface area contributed by atoms with Crippen molar-refractivity contribution >= 4 is 17.1 Å². The standard InChI is InChI=1S/C5H11F3Si2/c1-9(2,3)4-5-10(6,7)8/h4-5H,1-3H3/b5-4+. The second-order valence-electron chi connectivity index (χ2n) is 3.24. The van der Waals surface area contributed by atoms with Crippen LogP contribution < -0.4 is 0 Å². The Morgan fingerprint density at radius 1 is 0.900 bits per heavy atom. The second-order valence-corrected chi connectivity index (χ2v) is 9.72. The molecule has 0 saturated heterocycles. The van der Waals surface area contributed by atoms with Crippen LogP contribution in [-0.4, -0.2) is 17.1 Å².